The molecule has 0 saturated heterocycles. The van der Waals surface area contributed by atoms with E-state index in [9.17, 15) is 14.4 Å². The van der Waals surface area contributed by atoms with Crippen LogP contribution in [0.1, 0.15) is 27.2 Å². The van der Waals surface area contributed by atoms with E-state index in [0.717, 1.165) is 11.1 Å². The van der Waals surface area contributed by atoms with Crippen molar-refractivity contribution in [3.63, 3.8) is 0 Å². The van der Waals surface area contributed by atoms with Crippen molar-refractivity contribution in [1.29, 1.82) is 0 Å². The summed E-state index contributed by atoms with van der Waals surface area (Å²) in [6.45, 7) is 3.43. The van der Waals surface area contributed by atoms with Crippen LogP contribution in [0.2, 0.25) is 5.15 Å². The maximum Gasteiger partial charge on any atom is 0.343 e. The molecular formula is C19H23ClN4O4. The van der Waals surface area contributed by atoms with E-state index in [2.05, 4.69) is 10.4 Å². The molecule has 0 saturated carbocycles. The number of hydrogen-bond acceptors (Lipinski definition) is 5. The van der Waals surface area contributed by atoms with E-state index in [1.165, 1.54) is 23.7 Å². The zero-order valence-electron chi connectivity index (χ0n) is 16.3. The highest BCUT2D eigenvalue weighted by molar-refractivity contribution is 6.32. The van der Waals surface area contributed by atoms with Gasteiger partial charge in [0, 0.05) is 14.1 Å². The van der Waals surface area contributed by atoms with E-state index in [-0.39, 0.29) is 23.2 Å². The highest BCUT2D eigenvalue weighted by Crippen LogP contribution is 2.22. The molecule has 150 valence electrons. The Morgan fingerprint density at radius 2 is 1.86 bits per heavy atom. The lowest BCUT2D eigenvalue weighted by molar-refractivity contribution is -0.137. The molecule has 0 aliphatic carbocycles. The Balaban J connectivity index is 2.03. The van der Waals surface area contributed by atoms with Gasteiger partial charge in [0.1, 0.15) is 10.7 Å². The number of ether oxygens (including phenoxy) is 1. The molecular weight excluding hydrogens is 384 g/mol. The second-order valence-corrected chi connectivity index (χ2v) is 6.75. The molecule has 0 unspecified atom stereocenters. The van der Waals surface area contributed by atoms with Gasteiger partial charge in [0.05, 0.1) is 18.8 Å². The summed E-state index contributed by atoms with van der Waals surface area (Å²) in [4.78, 5) is 36.9. The van der Waals surface area contributed by atoms with Crippen LogP contribution >= 0.6 is 11.6 Å². The van der Waals surface area contributed by atoms with Crippen LogP contribution in [-0.4, -0.2) is 59.7 Å². The van der Waals surface area contributed by atoms with Crippen molar-refractivity contribution in [3.05, 3.63) is 51.8 Å². The molecule has 2 amide bonds. The SMILES string of the molecule is CNC(=O)CN(C)C(=O)COC(=O)c1c(C)nn(Cc2ccc(C)cc2)c1Cl. The number of esters is 1. The van der Waals surface area contributed by atoms with Gasteiger partial charge in [-0.3, -0.25) is 9.59 Å². The highest BCUT2D eigenvalue weighted by Gasteiger charge is 2.23. The van der Waals surface area contributed by atoms with Gasteiger partial charge in [-0.25, -0.2) is 9.48 Å². The highest BCUT2D eigenvalue weighted by atomic mass is 35.5. The monoisotopic (exact) mass is 406 g/mol. The van der Waals surface area contributed by atoms with E-state index in [1.54, 1.807) is 6.92 Å². The van der Waals surface area contributed by atoms with Gasteiger partial charge >= 0.3 is 5.97 Å². The summed E-state index contributed by atoms with van der Waals surface area (Å²) in [5.41, 5.74) is 2.66. The van der Waals surface area contributed by atoms with Crippen LogP contribution in [0.3, 0.4) is 0 Å². The Bertz CT molecular complexity index is 877. The van der Waals surface area contributed by atoms with Crippen LogP contribution in [0.15, 0.2) is 24.3 Å². The van der Waals surface area contributed by atoms with Gasteiger partial charge in [0.25, 0.3) is 5.91 Å². The molecule has 1 heterocycles. The van der Waals surface area contributed by atoms with Gasteiger partial charge < -0.3 is 15.0 Å². The Kier molecular flexibility index (Phi) is 7.17. The Morgan fingerprint density at radius 1 is 1.21 bits per heavy atom. The van der Waals surface area contributed by atoms with Crippen molar-refractivity contribution < 1.29 is 19.1 Å². The van der Waals surface area contributed by atoms with Gasteiger partial charge in [-0.05, 0) is 19.4 Å². The first kappa shape index (κ1) is 21.4. The number of nitrogens with zero attached hydrogens (tertiary/aromatic N) is 3. The quantitative estimate of drug-likeness (QED) is 0.704. The fraction of sp³-hybridized carbons (Fsp3) is 0.368. The number of likely N-dealkylation sites (N-methyl/N-ethyl adjacent to an activating group) is 2. The maximum absolute atomic E-state index is 12.4. The molecule has 1 N–H and O–H groups in total. The number of rotatable bonds is 7. The summed E-state index contributed by atoms with van der Waals surface area (Å²) >= 11 is 6.32. The minimum atomic E-state index is -0.737. The van der Waals surface area contributed by atoms with Crippen LogP contribution in [0.5, 0.6) is 0 Å². The van der Waals surface area contributed by atoms with Crippen LogP contribution < -0.4 is 5.32 Å². The molecule has 0 spiro atoms. The minimum Gasteiger partial charge on any atom is -0.452 e. The first-order chi connectivity index (χ1) is 13.2. The van der Waals surface area contributed by atoms with E-state index >= 15 is 0 Å². The number of benzene rings is 1. The molecule has 0 fully saturated rings. The molecule has 1 aromatic heterocycles. The van der Waals surface area contributed by atoms with Gasteiger partial charge in [0.15, 0.2) is 6.61 Å². The average Bonchev–Trinajstić information content (AvgIpc) is 2.94. The summed E-state index contributed by atoms with van der Waals surface area (Å²) in [6, 6.07) is 7.88. The van der Waals surface area contributed by atoms with Crippen molar-refractivity contribution in [2.75, 3.05) is 27.2 Å². The van der Waals surface area contributed by atoms with E-state index in [0.29, 0.717) is 12.2 Å². The lowest BCUT2D eigenvalue weighted by Gasteiger charge is -2.15. The Labute approximate surface area is 168 Å². The number of hydrogen-bond donors (Lipinski definition) is 1. The molecule has 8 nitrogen and oxygen atoms in total. The smallest absolute Gasteiger partial charge is 0.343 e. The number of carbonyl (C=O) groups excluding carboxylic acids is 3. The Hall–Kier alpha value is -2.87. The molecule has 0 atom stereocenters. The van der Waals surface area contributed by atoms with Crippen molar-refractivity contribution >= 4 is 29.4 Å². The summed E-state index contributed by atoms with van der Waals surface area (Å²) in [7, 11) is 2.92. The minimum absolute atomic E-state index is 0.121. The third-order valence-corrected chi connectivity index (χ3v) is 4.52. The van der Waals surface area contributed by atoms with E-state index in [4.69, 9.17) is 16.3 Å². The van der Waals surface area contributed by atoms with Gasteiger partial charge in [-0.2, -0.15) is 5.10 Å². The zero-order chi connectivity index (χ0) is 20.8. The first-order valence-corrected chi connectivity index (χ1v) is 9.00. The third kappa shape index (κ3) is 5.32. The summed E-state index contributed by atoms with van der Waals surface area (Å²) < 4.78 is 6.58. The summed E-state index contributed by atoms with van der Waals surface area (Å²) in [6.07, 6.45) is 0. The van der Waals surface area contributed by atoms with Gasteiger partial charge in [0.2, 0.25) is 5.91 Å². The second kappa shape index (κ2) is 9.36. The van der Waals surface area contributed by atoms with Gasteiger partial charge in [-0.1, -0.05) is 41.4 Å². The van der Waals surface area contributed by atoms with Crippen molar-refractivity contribution in [3.8, 4) is 0 Å². The number of amides is 2. The molecule has 2 aromatic rings. The fourth-order valence-electron chi connectivity index (χ4n) is 2.45. The normalized spacial score (nSPS) is 10.5. The largest absolute Gasteiger partial charge is 0.452 e. The van der Waals surface area contributed by atoms with Crippen LogP contribution in [0, 0.1) is 13.8 Å². The van der Waals surface area contributed by atoms with Crippen molar-refractivity contribution in [1.82, 2.24) is 20.0 Å². The molecule has 2 rings (SSSR count). The second-order valence-electron chi connectivity index (χ2n) is 6.39. The number of nitrogens with one attached hydrogen (secondary N) is 1. The summed E-state index contributed by atoms with van der Waals surface area (Å²) in [5.74, 6) is -1.56. The van der Waals surface area contributed by atoms with Crippen LogP contribution in [-0.2, 0) is 20.9 Å². The predicted octanol–water partition coefficient (Wildman–Crippen LogP) is 1.56. The van der Waals surface area contributed by atoms with Crippen LogP contribution in [0.25, 0.3) is 0 Å². The average molecular weight is 407 g/mol. The van der Waals surface area contributed by atoms with Gasteiger partial charge in [-0.15, -0.1) is 0 Å². The van der Waals surface area contributed by atoms with Crippen LogP contribution in [0.4, 0.5) is 0 Å². The predicted molar refractivity (Wildman–Crippen MR) is 104 cm³/mol. The topological polar surface area (TPSA) is 93.5 Å². The number of aryl methyl sites for hydroxylation is 2. The fourth-order valence-corrected chi connectivity index (χ4v) is 2.76. The van der Waals surface area contributed by atoms with Crippen molar-refractivity contribution in [2.24, 2.45) is 0 Å². The number of carbonyl (C=O) groups is 3. The molecule has 0 aliphatic rings. The number of aromatic nitrogens is 2. The summed E-state index contributed by atoms with van der Waals surface area (Å²) in [5, 5.41) is 6.86. The lowest BCUT2D eigenvalue weighted by atomic mass is 10.1. The molecule has 0 radical (unpaired) electrons. The van der Waals surface area contributed by atoms with Crippen molar-refractivity contribution in [2.45, 2.75) is 20.4 Å². The maximum atomic E-state index is 12.4. The standard InChI is InChI=1S/C19H23ClN4O4/c1-12-5-7-14(8-6-12)9-24-18(20)17(13(2)22-24)19(27)28-11-16(26)23(4)10-15(25)21-3/h5-8H,9-11H2,1-4H3,(H,21,25). The molecule has 1 aromatic carbocycles. The molecule has 28 heavy (non-hydrogen) atoms. The zero-order valence-corrected chi connectivity index (χ0v) is 17.0. The van der Waals surface area contributed by atoms with E-state index < -0.39 is 18.5 Å². The Morgan fingerprint density at radius 3 is 2.46 bits per heavy atom. The molecule has 9 heteroatoms. The third-order valence-electron chi connectivity index (χ3n) is 4.13. The molecule has 0 bridgehead atoms. The van der Waals surface area contributed by atoms with E-state index in [1.807, 2.05) is 31.2 Å². The number of halogens is 1. The first-order valence-electron chi connectivity index (χ1n) is 8.63. The molecule has 0 aliphatic heterocycles. The lowest BCUT2D eigenvalue weighted by Crippen LogP contribution is -2.39.